The van der Waals surface area contributed by atoms with Crippen molar-refractivity contribution in [2.45, 2.75) is 39.2 Å². The van der Waals surface area contributed by atoms with E-state index in [2.05, 4.69) is 20.4 Å². The number of thiazole rings is 1. The highest BCUT2D eigenvalue weighted by atomic mass is 32.1. The van der Waals surface area contributed by atoms with Gasteiger partial charge in [0.2, 0.25) is 5.91 Å². The number of hydrogen-bond acceptors (Lipinski definition) is 7. The molecular formula is C21H25N7OS. The molecule has 0 radical (unpaired) electrons. The van der Waals surface area contributed by atoms with Crippen molar-refractivity contribution < 1.29 is 4.79 Å². The third-order valence-corrected chi connectivity index (χ3v) is 5.94. The zero-order valence-electron chi connectivity index (χ0n) is 17.4. The normalized spacial score (nSPS) is 16.9. The van der Waals surface area contributed by atoms with E-state index >= 15 is 0 Å². The molecule has 1 saturated heterocycles. The first kappa shape index (κ1) is 20.2. The van der Waals surface area contributed by atoms with Crippen LogP contribution in [0.4, 0.5) is 10.9 Å². The summed E-state index contributed by atoms with van der Waals surface area (Å²) in [5, 5.41) is 10.2. The van der Waals surface area contributed by atoms with Crippen molar-refractivity contribution in [3.63, 3.8) is 0 Å². The highest BCUT2D eigenvalue weighted by Crippen LogP contribution is 2.30. The minimum Gasteiger partial charge on any atom is -0.329 e. The van der Waals surface area contributed by atoms with Gasteiger partial charge >= 0.3 is 0 Å². The second-order valence-corrected chi connectivity index (χ2v) is 8.29. The molecule has 8 nitrogen and oxygen atoms in total. The Hall–Kier alpha value is -3.07. The Morgan fingerprint density at radius 2 is 2.10 bits per heavy atom. The summed E-state index contributed by atoms with van der Waals surface area (Å²) in [6.45, 7) is 4.61. The standard InChI is InChI=1S/C21H25N7OS/c1-14-12-18(26-21-24-15(2)13-30-21)25-20(23-14)17-6-4-5-11-28(17)19(29)8-7-16-9-10-22-27(16)3/h7-10,12-13,17H,4-6,11H2,1-3H3,(H,23,24,25,26)/b8-7+/t17-/m0/s1. The minimum atomic E-state index is -0.138. The van der Waals surface area contributed by atoms with Gasteiger partial charge in [-0.2, -0.15) is 5.10 Å². The molecule has 0 aliphatic carbocycles. The van der Waals surface area contributed by atoms with Crippen molar-refractivity contribution in [1.82, 2.24) is 29.6 Å². The van der Waals surface area contributed by atoms with E-state index in [1.807, 2.05) is 43.3 Å². The molecular weight excluding hydrogens is 398 g/mol. The average molecular weight is 424 g/mol. The van der Waals surface area contributed by atoms with E-state index in [-0.39, 0.29) is 11.9 Å². The van der Waals surface area contributed by atoms with Crippen LogP contribution in [0.3, 0.4) is 0 Å². The van der Waals surface area contributed by atoms with E-state index in [4.69, 9.17) is 4.98 Å². The molecule has 0 bridgehead atoms. The molecule has 3 aromatic rings. The van der Waals surface area contributed by atoms with E-state index < -0.39 is 0 Å². The Morgan fingerprint density at radius 1 is 1.23 bits per heavy atom. The Balaban J connectivity index is 1.56. The molecule has 0 aromatic carbocycles. The third kappa shape index (κ3) is 4.56. The van der Waals surface area contributed by atoms with Gasteiger partial charge < -0.3 is 10.2 Å². The van der Waals surface area contributed by atoms with Crippen LogP contribution in [0.5, 0.6) is 0 Å². The van der Waals surface area contributed by atoms with E-state index in [1.54, 1.807) is 34.4 Å². The quantitative estimate of drug-likeness (QED) is 0.628. The average Bonchev–Trinajstić information content (AvgIpc) is 3.33. The first-order valence-electron chi connectivity index (χ1n) is 10.0. The summed E-state index contributed by atoms with van der Waals surface area (Å²) >= 11 is 1.54. The molecule has 3 aromatic heterocycles. The predicted molar refractivity (Wildman–Crippen MR) is 117 cm³/mol. The number of aryl methyl sites for hydroxylation is 3. The van der Waals surface area contributed by atoms with Crippen molar-refractivity contribution in [2.24, 2.45) is 7.05 Å². The second-order valence-electron chi connectivity index (χ2n) is 7.43. The highest BCUT2D eigenvalue weighted by molar-refractivity contribution is 7.13. The number of amides is 1. The summed E-state index contributed by atoms with van der Waals surface area (Å²) in [4.78, 5) is 28.7. The Morgan fingerprint density at radius 3 is 2.83 bits per heavy atom. The molecule has 1 atom stereocenters. The number of nitrogens with one attached hydrogen (secondary N) is 1. The number of aromatic nitrogens is 5. The van der Waals surface area contributed by atoms with Crippen molar-refractivity contribution in [2.75, 3.05) is 11.9 Å². The van der Waals surface area contributed by atoms with Crippen LogP contribution in [-0.2, 0) is 11.8 Å². The molecule has 30 heavy (non-hydrogen) atoms. The molecule has 1 N–H and O–H groups in total. The molecule has 1 aliphatic heterocycles. The maximum absolute atomic E-state index is 13.0. The fourth-order valence-electron chi connectivity index (χ4n) is 3.59. The number of piperidine rings is 1. The first-order valence-corrected chi connectivity index (χ1v) is 10.9. The molecule has 1 fully saturated rings. The predicted octanol–water partition coefficient (Wildman–Crippen LogP) is 3.79. The van der Waals surface area contributed by atoms with Crippen LogP contribution in [0.1, 0.15) is 48.2 Å². The Labute approximate surface area is 179 Å². The van der Waals surface area contributed by atoms with Crippen molar-refractivity contribution in [3.05, 3.63) is 52.7 Å². The van der Waals surface area contributed by atoms with E-state index in [1.165, 1.54) is 0 Å². The molecule has 0 unspecified atom stereocenters. The van der Waals surface area contributed by atoms with Crippen LogP contribution in [0, 0.1) is 13.8 Å². The van der Waals surface area contributed by atoms with Gasteiger partial charge in [-0.3, -0.25) is 9.48 Å². The summed E-state index contributed by atoms with van der Waals surface area (Å²) < 4.78 is 1.74. The van der Waals surface area contributed by atoms with Crippen molar-refractivity contribution in [1.29, 1.82) is 0 Å². The molecule has 4 heterocycles. The lowest BCUT2D eigenvalue weighted by Gasteiger charge is -2.34. The largest absolute Gasteiger partial charge is 0.329 e. The fourth-order valence-corrected chi connectivity index (χ4v) is 4.28. The molecule has 4 rings (SSSR count). The van der Waals surface area contributed by atoms with Crippen molar-refractivity contribution >= 4 is 34.3 Å². The van der Waals surface area contributed by atoms with Gasteiger partial charge in [0.1, 0.15) is 5.82 Å². The van der Waals surface area contributed by atoms with Crippen LogP contribution >= 0.6 is 11.3 Å². The number of hydrogen-bond donors (Lipinski definition) is 1. The number of rotatable bonds is 5. The smallest absolute Gasteiger partial charge is 0.247 e. The van der Waals surface area contributed by atoms with Crippen molar-refractivity contribution in [3.8, 4) is 0 Å². The van der Waals surface area contributed by atoms with Crippen LogP contribution in [-0.4, -0.2) is 42.1 Å². The van der Waals surface area contributed by atoms with Gasteiger partial charge in [-0.25, -0.2) is 15.0 Å². The molecule has 0 saturated carbocycles. The Kier molecular flexibility index (Phi) is 5.89. The maximum Gasteiger partial charge on any atom is 0.247 e. The fraction of sp³-hybridized carbons (Fsp3) is 0.381. The number of nitrogens with zero attached hydrogens (tertiary/aromatic N) is 6. The third-order valence-electron chi connectivity index (χ3n) is 5.06. The summed E-state index contributed by atoms with van der Waals surface area (Å²) in [6.07, 6.45) is 8.01. The van der Waals surface area contributed by atoms with Gasteiger partial charge in [-0.15, -0.1) is 11.3 Å². The topological polar surface area (TPSA) is 88.8 Å². The van der Waals surface area contributed by atoms with E-state index in [0.29, 0.717) is 18.2 Å². The number of carbonyl (C=O) groups excluding carboxylic acids is 1. The van der Waals surface area contributed by atoms with Gasteiger partial charge in [0.15, 0.2) is 11.0 Å². The monoisotopic (exact) mass is 423 g/mol. The van der Waals surface area contributed by atoms with Gasteiger partial charge in [0, 0.05) is 43.0 Å². The summed E-state index contributed by atoms with van der Waals surface area (Å²) in [6, 6.07) is 3.64. The molecule has 9 heteroatoms. The van der Waals surface area contributed by atoms with Crippen LogP contribution < -0.4 is 5.32 Å². The second kappa shape index (κ2) is 8.74. The zero-order chi connectivity index (χ0) is 21.1. The number of likely N-dealkylation sites (tertiary alicyclic amines) is 1. The molecule has 1 amide bonds. The van der Waals surface area contributed by atoms with Crippen LogP contribution in [0.25, 0.3) is 6.08 Å². The number of anilines is 2. The minimum absolute atomic E-state index is 0.0314. The van der Waals surface area contributed by atoms with E-state index in [9.17, 15) is 4.79 Å². The summed E-state index contributed by atoms with van der Waals surface area (Å²) in [5.41, 5.74) is 2.71. The lowest BCUT2D eigenvalue weighted by molar-refractivity contribution is -0.129. The van der Waals surface area contributed by atoms with Gasteiger partial charge in [-0.05, 0) is 45.3 Å². The van der Waals surface area contributed by atoms with Crippen LogP contribution in [0.15, 0.2) is 29.8 Å². The van der Waals surface area contributed by atoms with Gasteiger partial charge in [-0.1, -0.05) is 0 Å². The highest BCUT2D eigenvalue weighted by Gasteiger charge is 2.29. The number of carbonyl (C=O) groups is 1. The van der Waals surface area contributed by atoms with Crippen LogP contribution in [0.2, 0.25) is 0 Å². The SMILES string of the molecule is Cc1cc(Nc2nc(C)cs2)nc([C@@H]2CCCCN2C(=O)/C=C/c2ccnn2C)n1. The maximum atomic E-state index is 13.0. The van der Waals surface area contributed by atoms with E-state index in [0.717, 1.165) is 41.5 Å². The molecule has 1 aliphatic rings. The lowest BCUT2D eigenvalue weighted by atomic mass is 10.0. The van der Waals surface area contributed by atoms with Gasteiger partial charge in [0.05, 0.1) is 17.4 Å². The lowest BCUT2D eigenvalue weighted by Crippen LogP contribution is -2.38. The summed E-state index contributed by atoms with van der Waals surface area (Å²) in [7, 11) is 1.85. The Bertz CT molecular complexity index is 1070. The first-order chi connectivity index (χ1) is 14.5. The zero-order valence-corrected chi connectivity index (χ0v) is 18.2. The summed E-state index contributed by atoms with van der Waals surface area (Å²) in [5.74, 6) is 1.35. The molecule has 0 spiro atoms. The molecule has 156 valence electrons. The van der Waals surface area contributed by atoms with Gasteiger partial charge in [0.25, 0.3) is 0 Å².